The number of benzene rings is 1. The highest BCUT2D eigenvalue weighted by Gasteiger charge is 2.39. The number of aliphatic carboxylic acids is 3. The van der Waals surface area contributed by atoms with Gasteiger partial charge in [-0.05, 0) is 37.3 Å². The van der Waals surface area contributed by atoms with Crippen molar-refractivity contribution in [3.05, 3.63) is 36.0 Å². The Kier molecular flexibility index (Phi) is 9.60. The number of carbonyl (C=O) groups is 6. The van der Waals surface area contributed by atoms with Crippen LogP contribution in [0.2, 0.25) is 0 Å². The van der Waals surface area contributed by atoms with Crippen molar-refractivity contribution in [2.45, 2.75) is 62.7 Å². The lowest BCUT2D eigenvalue weighted by molar-refractivity contribution is -0.147. The number of nitrogens with one attached hydrogen (secondary N) is 3. The molecule has 1 aliphatic heterocycles. The Bertz CT molecular complexity index is 1260. The van der Waals surface area contributed by atoms with Crippen LogP contribution in [0, 0.1) is 0 Å². The van der Waals surface area contributed by atoms with Crippen LogP contribution < -0.4 is 16.4 Å². The van der Waals surface area contributed by atoms with Gasteiger partial charge in [-0.25, -0.2) is 4.79 Å². The molecule has 0 aliphatic carbocycles. The van der Waals surface area contributed by atoms with E-state index < -0.39 is 72.6 Å². The van der Waals surface area contributed by atoms with Crippen molar-refractivity contribution in [1.82, 2.24) is 20.5 Å². The van der Waals surface area contributed by atoms with Crippen molar-refractivity contribution in [2.75, 3.05) is 6.54 Å². The second kappa shape index (κ2) is 12.9. The van der Waals surface area contributed by atoms with Gasteiger partial charge < -0.3 is 41.6 Å². The molecular weight excluding hydrogens is 514 g/mol. The number of likely N-dealkylation sites (tertiary alicyclic amines) is 1. The Morgan fingerprint density at radius 3 is 2.41 bits per heavy atom. The number of amides is 3. The molecule has 3 rings (SSSR count). The van der Waals surface area contributed by atoms with Crippen LogP contribution in [0.25, 0.3) is 10.9 Å². The third-order valence-corrected chi connectivity index (χ3v) is 6.54. The molecule has 39 heavy (non-hydrogen) atoms. The van der Waals surface area contributed by atoms with E-state index >= 15 is 0 Å². The van der Waals surface area contributed by atoms with E-state index in [-0.39, 0.29) is 25.8 Å². The summed E-state index contributed by atoms with van der Waals surface area (Å²) in [6.45, 7) is 0.0805. The first-order chi connectivity index (χ1) is 18.5. The number of fused-ring (bicyclic) bond motifs is 1. The van der Waals surface area contributed by atoms with Crippen LogP contribution in [0.15, 0.2) is 30.5 Å². The third kappa shape index (κ3) is 7.54. The number of carboxylic acid groups (broad SMARTS) is 3. The highest BCUT2D eigenvalue weighted by atomic mass is 16.4. The number of para-hydroxylation sites is 1. The summed E-state index contributed by atoms with van der Waals surface area (Å²) in [5, 5.41) is 33.0. The summed E-state index contributed by atoms with van der Waals surface area (Å²) in [6, 6.07) is 2.19. The van der Waals surface area contributed by atoms with E-state index in [2.05, 4.69) is 15.6 Å². The smallest absolute Gasteiger partial charge is 0.326 e. The van der Waals surface area contributed by atoms with Crippen LogP contribution in [0.1, 0.15) is 37.7 Å². The van der Waals surface area contributed by atoms with Gasteiger partial charge in [0.25, 0.3) is 0 Å². The number of carbonyl (C=O) groups excluding carboxylic acids is 3. The van der Waals surface area contributed by atoms with Gasteiger partial charge in [-0.15, -0.1) is 0 Å². The van der Waals surface area contributed by atoms with Gasteiger partial charge in [0.15, 0.2) is 0 Å². The standard InChI is InChI=1S/C25H31N5O9/c26-15(10-13-12-27-16-5-2-1-4-14(13)16)22(35)29-18(11-21(33)34)24(37)30-9-3-6-19(30)23(36)28-17(25(38)39)7-8-20(31)32/h1-2,4-5,12,15,17-19,27H,3,6-11,26H2,(H,28,36)(H,29,35)(H,31,32)(H,33,34)(H,38,39). The molecule has 1 aliphatic rings. The van der Waals surface area contributed by atoms with Gasteiger partial charge in [0.1, 0.15) is 18.1 Å². The predicted octanol–water partition coefficient (Wildman–Crippen LogP) is -0.578. The first-order valence-corrected chi connectivity index (χ1v) is 12.4. The van der Waals surface area contributed by atoms with Gasteiger partial charge in [-0.1, -0.05) is 18.2 Å². The lowest BCUT2D eigenvalue weighted by atomic mass is 10.0. The van der Waals surface area contributed by atoms with Crippen molar-refractivity contribution in [3.63, 3.8) is 0 Å². The number of nitrogens with two attached hydrogens (primary N) is 1. The van der Waals surface area contributed by atoms with Crippen molar-refractivity contribution in [2.24, 2.45) is 5.73 Å². The third-order valence-electron chi connectivity index (χ3n) is 6.54. The highest BCUT2D eigenvalue weighted by Crippen LogP contribution is 2.21. The molecule has 1 fully saturated rings. The quantitative estimate of drug-likeness (QED) is 0.169. The fraction of sp³-hybridized carbons (Fsp3) is 0.440. The number of carboxylic acids is 3. The molecule has 0 bridgehead atoms. The van der Waals surface area contributed by atoms with Crippen LogP contribution in [-0.4, -0.2) is 91.5 Å². The maximum absolute atomic E-state index is 13.3. The molecule has 4 unspecified atom stereocenters. The second-order valence-electron chi connectivity index (χ2n) is 9.35. The number of aromatic amines is 1. The number of aromatic nitrogens is 1. The first-order valence-electron chi connectivity index (χ1n) is 12.4. The zero-order valence-electron chi connectivity index (χ0n) is 21.0. The summed E-state index contributed by atoms with van der Waals surface area (Å²) in [5.41, 5.74) is 7.70. The molecule has 0 radical (unpaired) electrons. The molecular formula is C25H31N5O9. The van der Waals surface area contributed by atoms with Crippen LogP contribution in [0.5, 0.6) is 0 Å². The SMILES string of the molecule is NC(Cc1c[nH]c2ccccc12)C(=O)NC(CC(=O)O)C(=O)N1CCCC1C(=O)NC(CCC(=O)O)C(=O)O. The lowest BCUT2D eigenvalue weighted by Gasteiger charge is -2.29. The van der Waals surface area contributed by atoms with E-state index in [0.717, 1.165) is 21.4 Å². The predicted molar refractivity (Wildman–Crippen MR) is 135 cm³/mol. The molecule has 1 aromatic carbocycles. The Labute approximate surface area is 222 Å². The number of hydrogen-bond acceptors (Lipinski definition) is 7. The minimum absolute atomic E-state index is 0.0805. The van der Waals surface area contributed by atoms with Crippen LogP contribution >= 0.6 is 0 Å². The zero-order valence-corrected chi connectivity index (χ0v) is 21.0. The van der Waals surface area contributed by atoms with Crippen LogP contribution in [-0.2, 0) is 35.2 Å². The Morgan fingerprint density at radius 2 is 1.74 bits per heavy atom. The molecule has 210 valence electrons. The number of rotatable bonds is 13. The highest BCUT2D eigenvalue weighted by molar-refractivity contribution is 5.96. The summed E-state index contributed by atoms with van der Waals surface area (Å²) in [4.78, 5) is 77.0. The molecule has 1 saturated heterocycles. The topological polar surface area (TPSA) is 232 Å². The number of nitrogens with zero attached hydrogens (tertiary/aromatic N) is 1. The average Bonchev–Trinajstić information content (AvgIpc) is 3.53. The van der Waals surface area contributed by atoms with E-state index in [4.69, 9.17) is 10.8 Å². The molecule has 0 spiro atoms. The van der Waals surface area contributed by atoms with Crippen molar-refractivity contribution in [1.29, 1.82) is 0 Å². The van der Waals surface area contributed by atoms with Crippen LogP contribution in [0.3, 0.4) is 0 Å². The molecule has 14 nitrogen and oxygen atoms in total. The van der Waals surface area contributed by atoms with Crippen molar-refractivity contribution in [3.8, 4) is 0 Å². The van der Waals surface area contributed by atoms with Gasteiger partial charge in [0.05, 0.1) is 12.5 Å². The first kappa shape index (κ1) is 29.1. The maximum atomic E-state index is 13.3. The molecule has 14 heteroatoms. The number of hydrogen-bond donors (Lipinski definition) is 7. The van der Waals surface area contributed by atoms with E-state index in [1.54, 1.807) is 6.20 Å². The number of H-pyrrole nitrogens is 1. The van der Waals surface area contributed by atoms with Crippen molar-refractivity contribution < 1.29 is 44.1 Å². The molecule has 2 aromatic rings. The Morgan fingerprint density at radius 1 is 1.03 bits per heavy atom. The van der Waals surface area contributed by atoms with Gasteiger partial charge >= 0.3 is 17.9 Å². The minimum atomic E-state index is -1.51. The van der Waals surface area contributed by atoms with E-state index in [0.29, 0.717) is 6.42 Å². The molecule has 4 atom stereocenters. The molecule has 3 amide bonds. The van der Waals surface area contributed by atoms with E-state index in [1.165, 1.54) is 0 Å². The summed E-state index contributed by atoms with van der Waals surface area (Å²) in [5.74, 6) is -6.41. The Hall–Kier alpha value is -4.46. The maximum Gasteiger partial charge on any atom is 0.326 e. The zero-order chi connectivity index (χ0) is 28.7. The van der Waals surface area contributed by atoms with Gasteiger partial charge in [-0.2, -0.15) is 0 Å². The normalized spacial score (nSPS) is 17.3. The molecule has 1 aromatic heterocycles. The van der Waals surface area contributed by atoms with E-state index in [1.807, 2.05) is 24.3 Å². The van der Waals surface area contributed by atoms with Crippen molar-refractivity contribution >= 4 is 46.5 Å². The summed E-state index contributed by atoms with van der Waals surface area (Å²) < 4.78 is 0. The second-order valence-corrected chi connectivity index (χ2v) is 9.35. The molecule has 0 saturated carbocycles. The van der Waals surface area contributed by atoms with E-state index in [9.17, 15) is 39.0 Å². The molecule has 2 heterocycles. The molecule has 8 N–H and O–H groups in total. The Balaban J connectivity index is 1.69. The lowest BCUT2D eigenvalue weighted by Crippen LogP contribution is -2.57. The largest absolute Gasteiger partial charge is 0.481 e. The summed E-state index contributed by atoms with van der Waals surface area (Å²) in [7, 11) is 0. The van der Waals surface area contributed by atoms with Gasteiger partial charge in [0.2, 0.25) is 17.7 Å². The summed E-state index contributed by atoms with van der Waals surface area (Å²) in [6.07, 6.45) is 0.781. The fourth-order valence-corrected chi connectivity index (χ4v) is 4.58. The average molecular weight is 546 g/mol. The minimum Gasteiger partial charge on any atom is -0.481 e. The summed E-state index contributed by atoms with van der Waals surface area (Å²) >= 11 is 0. The van der Waals surface area contributed by atoms with Crippen LogP contribution in [0.4, 0.5) is 0 Å². The van der Waals surface area contributed by atoms with Gasteiger partial charge in [0, 0.05) is 30.1 Å². The van der Waals surface area contributed by atoms with Gasteiger partial charge in [-0.3, -0.25) is 24.0 Å². The monoisotopic (exact) mass is 545 g/mol. The fourth-order valence-electron chi connectivity index (χ4n) is 4.58.